The predicted molar refractivity (Wildman–Crippen MR) is 83.1 cm³/mol. The lowest BCUT2D eigenvalue weighted by Gasteiger charge is -2.19. The Bertz CT molecular complexity index is 515. The van der Waals surface area contributed by atoms with Crippen molar-refractivity contribution in [1.82, 2.24) is 0 Å². The first-order chi connectivity index (χ1) is 9.00. The van der Waals surface area contributed by atoms with E-state index in [9.17, 15) is 0 Å². The molecule has 2 aromatic rings. The first kappa shape index (κ1) is 13.8. The Hall–Kier alpha value is -1.60. The molecule has 0 saturated carbocycles. The van der Waals surface area contributed by atoms with Crippen molar-refractivity contribution in [3.05, 3.63) is 59.7 Å². The second-order valence-electron chi connectivity index (χ2n) is 5.75. The van der Waals surface area contributed by atoms with E-state index in [2.05, 4.69) is 55.5 Å². The first-order valence-corrected chi connectivity index (χ1v) is 6.99. The van der Waals surface area contributed by atoms with Crippen molar-refractivity contribution in [2.75, 3.05) is 0 Å². The third kappa shape index (κ3) is 3.45. The van der Waals surface area contributed by atoms with Crippen molar-refractivity contribution in [1.29, 1.82) is 0 Å². The summed E-state index contributed by atoms with van der Waals surface area (Å²) in [6.45, 7) is 6.27. The highest BCUT2D eigenvalue weighted by molar-refractivity contribution is 5.64. The van der Waals surface area contributed by atoms with Crippen LogP contribution in [0.2, 0.25) is 0 Å². The van der Waals surface area contributed by atoms with E-state index in [-0.39, 0.29) is 5.54 Å². The van der Waals surface area contributed by atoms with Crippen LogP contribution in [0.25, 0.3) is 11.1 Å². The van der Waals surface area contributed by atoms with Crippen LogP contribution in [0.3, 0.4) is 0 Å². The molecular weight excluding hydrogens is 230 g/mol. The number of nitrogens with two attached hydrogens (primary N) is 1. The van der Waals surface area contributed by atoms with Crippen molar-refractivity contribution in [2.24, 2.45) is 5.73 Å². The maximum Gasteiger partial charge on any atom is 0.0352 e. The molecule has 0 spiro atoms. The average molecular weight is 253 g/mol. The topological polar surface area (TPSA) is 26.0 Å². The third-order valence-electron chi connectivity index (χ3n) is 3.45. The van der Waals surface area contributed by atoms with E-state index in [0.29, 0.717) is 0 Å². The smallest absolute Gasteiger partial charge is 0.0352 e. The molecule has 0 aromatic heterocycles. The summed E-state index contributed by atoms with van der Waals surface area (Å²) in [6.07, 6.45) is 2.35. The minimum absolute atomic E-state index is 0.274. The molecule has 0 radical (unpaired) electrons. The van der Waals surface area contributed by atoms with Crippen LogP contribution < -0.4 is 5.73 Å². The number of rotatable bonds is 4. The van der Waals surface area contributed by atoms with Gasteiger partial charge in [0.2, 0.25) is 0 Å². The largest absolute Gasteiger partial charge is 0.322 e. The van der Waals surface area contributed by atoms with Crippen molar-refractivity contribution in [3.8, 4) is 11.1 Å². The maximum absolute atomic E-state index is 6.10. The molecule has 0 atom stereocenters. The Kier molecular flexibility index (Phi) is 4.06. The van der Waals surface area contributed by atoms with Crippen LogP contribution in [0.4, 0.5) is 0 Å². The normalized spacial score (nSPS) is 11.6. The van der Waals surface area contributed by atoms with Gasteiger partial charge in [-0.2, -0.15) is 0 Å². The lowest BCUT2D eigenvalue weighted by molar-refractivity contribution is 0.554. The van der Waals surface area contributed by atoms with Crippen LogP contribution in [0.1, 0.15) is 38.3 Å². The molecule has 100 valence electrons. The molecule has 1 heteroatoms. The summed E-state index contributed by atoms with van der Waals surface area (Å²) >= 11 is 0. The zero-order valence-corrected chi connectivity index (χ0v) is 12.1. The Morgan fingerprint density at radius 2 is 1.32 bits per heavy atom. The molecule has 2 N–H and O–H groups in total. The molecule has 2 aromatic carbocycles. The summed E-state index contributed by atoms with van der Waals surface area (Å²) in [5.74, 6) is 0. The minimum atomic E-state index is -0.274. The first-order valence-electron chi connectivity index (χ1n) is 6.99. The number of benzene rings is 2. The van der Waals surface area contributed by atoms with Crippen molar-refractivity contribution in [2.45, 2.75) is 39.2 Å². The van der Waals surface area contributed by atoms with Crippen LogP contribution in [-0.2, 0) is 12.0 Å². The van der Waals surface area contributed by atoms with Crippen LogP contribution in [0.5, 0.6) is 0 Å². The maximum atomic E-state index is 6.10. The second kappa shape index (κ2) is 5.58. The summed E-state index contributed by atoms with van der Waals surface area (Å²) in [5.41, 5.74) is 10.9. The quantitative estimate of drug-likeness (QED) is 0.853. The van der Waals surface area contributed by atoms with Crippen molar-refractivity contribution in [3.63, 3.8) is 0 Å². The van der Waals surface area contributed by atoms with E-state index in [1.165, 1.54) is 28.7 Å². The van der Waals surface area contributed by atoms with E-state index in [0.717, 1.165) is 6.42 Å². The van der Waals surface area contributed by atoms with Gasteiger partial charge in [-0.05, 0) is 42.5 Å². The SMILES string of the molecule is CCCc1ccc(-c2ccc(C(C)(C)N)cc2)cc1. The van der Waals surface area contributed by atoms with Gasteiger partial charge in [0.1, 0.15) is 0 Å². The minimum Gasteiger partial charge on any atom is -0.322 e. The van der Waals surface area contributed by atoms with Gasteiger partial charge >= 0.3 is 0 Å². The second-order valence-corrected chi connectivity index (χ2v) is 5.75. The third-order valence-corrected chi connectivity index (χ3v) is 3.45. The molecule has 0 bridgehead atoms. The standard InChI is InChI=1S/C18H23N/c1-4-5-14-6-8-15(9-7-14)16-10-12-17(13-11-16)18(2,3)19/h6-13H,4-5,19H2,1-3H3. The molecular formula is C18H23N. The molecule has 0 aliphatic carbocycles. The predicted octanol–water partition coefficient (Wildman–Crippen LogP) is 4.50. The van der Waals surface area contributed by atoms with E-state index < -0.39 is 0 Å². The van der Waals surface area contributed by atoms with Gasteiger partial charge in [-0.3, -0.25) is 0 Å². The molecule has 19 heavy (non-hydrogen) atoms. The Balaban J connectivity index is 2.22. The molecule has 0 aliphatic rings. The highest BCUT2D eigenvalue weighted by Crippen LogP contribution is 2.24. The lowest BCUT2D eigenvalue weighted by Crippen LogP contribution is -2.28. The summed E-state index contributed by atoms with van der Waals surface area (Å²) in [6, 6.07) is 17.4. The summed E-state index contributed by atoms with van der Waals surface area (Å²) in [4.78, 5) is 0. The van der Waals surface area contributed by atoms with E-state index >= 15 is 0 Å². The fourth-order valence-electron chi connectivity index (χ4n) is 2.24. The number of hydrogen-bond acceptors (Lipinski definition) is 1. The number of aryl methyl sites for hydroxylation is 1. The molecule has 1 nitrogen and oxygen atoms in total. The van der Waals surface area contributed by atoms with E-state index in [4.69, 9.17) is 5.73 Å². The van der Waals surface area contributed by atoms with Gasteiger partial charge in [-0.1, -0.05) is 61.9 Å². The van der Waals surface area contributed by atoms with Gasteiger partial charge in [0, 0.05) is 5.54 Å². The molecule has 0 heterocycles. The van der Waals surface area contributed by atoms with Gasteiger partial charge < -0.3 is 5.73 Å². The zero-order chi connectivity index (χ0) is 13.9. The Morgan fingerprint density at radius 3 is 1.74 bits per heavy atom. The van der Waals surface area contributed by atoms with Gasteiger partial charge in [0.05, 0.1) is 0 Å². The van der Waals surface area contributed by atoms with Crippen LogP contribution in [0, 0.1) is 0 Å². The molecule has 0 fully saturated rings. The zero-order valence-electron chi connectivity index (χ0n) is 12.1. The van der Waals surface area contributed by atoms with E-state index in [1.54, 1.807) is 0 Å². The monoisotopic (exact) mass is 253 g/mol. The Morgan fingerprint density at radius 1 is 0.842 bits per heavy atom. The summed E-state index contributed by atoms with van der Waals surface area (Å²) in [7, 11) is 0. The highest BCUT2D eigenvalue weighted by atomic mass is 14.7. The van der Waals surface area contributed by atoms with Crippen molar-refractivity contribution >= 4 is 0 Å². The lowest BCUT2D eigenvalue weighted by atomic mass is 9.93. The molecule has 0 saturated heterocycles. The van der Waals surface area contributed by atoms with Crippen LogP contribution >= 0.6 is 0 Å². The van der Waals surface area contributed by atoms with Crippen molar-refractivity contribution < 1.29 is 0 Å². The highest BCUT2D eigenvalue weighted by Gasteiger charge is 2.13. The van der Waals surface area contributed by atoms with Gasteiger partial charge in [-0.15, -0.1) is 0 Å². The van der Waals surface area contributed by atoms with E-state index in [1.807, 2.05) is 13.8 Å². The molecule has 0 unspecified atom stereocenters. The Labute approximate surface area is 116 Å². The van der Waals surface area contributed by atoms with Crippen LogP contribution in [-0.4, -0.2) is 0 Å². The van der Waals surface area contributed by atoms with Crippen LogP contribution in [0.15, 0.2) is 48.5 Å². The molecule has 0 aliphatic heterocycles. The fourth-order valence-corrected chi connectivity index (χ4v) is 2.24. The molecule has 2 rings (SSSR count). The summed E-state index contributed by atoms with van der Waals surface area (Å²) < 4.78 is 0. The van der Waals surface area contributed by atoms with Gasteiger partial charge in [0.25, 0.3) is 0 Å². The molecule has 0 amide bonds. The fraction of sp³-hybridized carbons (Fsp3) is 0.333. The number of hydrogen-bond donors (Lipinski definition) is 1. The van der Waals surface area contributed by atoms with Gasteiger partial charge in [-0.25, -0.2) is 0 Å². The summed E-state index contributed by atoms with van der Waals surface area (Å²) in [5, 5.41) is 0. The average Bonchev–Trinajstić information content (AvgIpc) is 2.39. The van der Waals surface area contributed by atoms with Gasteiger partial charge in [0.15, 0.2) is 0 Å².